The highest BCUT2D eigenvalue weighted by molar-refractivity contribution is 6.85. The van der Waals surface area contributed by atoms with Crippen LogP contribution >= 0.6 is 0 Å². The van der Waals surface area contributed by atoms with Crippen LogP contribution in [0.25, 0.3) is 39.0 Å². The van der Waals surface area contributed by atoms with E-state index < -0.39 is 13.7 Å². The molecule has 0 radical (unpaired) electrons. The molecule has 7 aromatic rings. The van der Waals surface area contributed by atoms with Crippen LogP contribution in [0.1, 0.15) is 5.69 Å². The Hall–Kier alpha value is -8.44. The van der Waals surface area contributed by atoms with Gasteiger partial charge in [0.25, 0.3) is 0 Å². The Morgan fingerprint density at radius 1 is 0.632 bits per heavy atom. The van der Waals surface area contributed by atoms with Gasteiger partial charge in [-0.2, -0.15) is 21.0 Å². The van der Waals surface area contributed by atoms with E-state index in [9.17, 15) is 21.0 Å². The van der Waals surface area contributed by atoms with E-state index >= 15 is 0 Å². The Labute approximate surface area is 329 Å². The fourth-order valence-electron chi connectivity index (χ4n) is 7.40. The highest BCUT2D eigenvalue weighted by atomic mass is 15.0. The van der Waals surface area contributed by atoms with Crippen LogP contribution in [0.15, 0.2) is 164 Å². The van der Waals surface area contributed by atoms with Crippen molar-refractivity contribution in [2.45, 2.75) is 0 Å². The molecule has 0 saturated carbocycles. The number of benzene rings is 4. The maximum Gasteiger partial charge on any atom is 0.328 e. The van der Waals surface area contributed by atoms with Crippen molar-refractivity contribution in [3.8, 4) is 35.7 Å². The van der Waals surface area contributed by atoms with Crippen molar-refractivity contribution >= 4 is 69.4 Å². The molecule has 0 saturated heterocycles. The minimum Gasteiger partial charge on any atom is -0.396 e. The first-order valence-electron chi connectivity index (χ1n) is 17.8. The third-order valence-electron chi connectivity index (χ3n) is 9.54. The van der Waals surface area contributed by atoms with Gasteiger partial charge in [-0.25, -0.2) is 0 Å². The number of fused-ring (bicyclic) bond motifs is 1. The largest absolute Gasteiger partial charge is 0.396 e. The van der Waals surface area contributed by atoms with Gasteiger partial charge in [0.15, 0.2) is 11.1 Å². The summed E-state index contributed by atoms with van der Waals surface area (Å²) in [4.78, 5) is 13.6. The van der Waals surface area contributed by atoms with E-state index in [4.69, 9.17) is 10.7 Å². The maximum atomic E-state index is 10.9. The van der Waals surface area contributed by atoms with E-state index in [2.05, 4.69) is 40.8 Å². The van der Waals surface area contributed by atoms with Gasteiger partial charge in [0.1, 0.15) is 30.0 Å². The van der Waals surface area contributed by atoms with Gasteiger partial charge in [0, 0.05) is 29.4 Å². The lowest BCUT2D eigenvalue weighted by Gasteiger charge is -2.23. The molecule has 0 amide bonds. The van der Waals surface area contributed by atoms with Crippen LogP contribution in [0.5, 0.6) is 0 Å². The lowest BCUT2D eigenvalue weighted by atomic mass is 9.50. The van der Waals surface area contributed by atoms with Gasteiger partial charge in [0.2, 0.25) is 0 Å². The molecule has 12 heteroatoms. The third-order valence-corrected chi connectivity index (χ3v) is 9.54. The highest BCUT2D eigenvalue weighted by Crippen LogP contribution is 2.31. The summed E-state index contributed by atoms with van der Waals surface area (Å²) in [7, 11) is 0. The van der Waals surface area contributed by atoms with Crippen LogP contribution in [0.2, 0.25) is 0 Å². The van der Waals surface area contributed by atoms with E-state index in [0.717, 1.165) is 21.9 Å². The molecular formula is C45H30B2N10. The van der Waals surface area contributed by atoms with Crippen LogP contribution in [0.3, 0.4) is 0 Å². The minimum atomic E-state index is -0.681. The first-order valence-corrected chi connectivity index (χ1v) is 17.8. The normalized spacial score (nSPS) is 10.9. The number of aliphatic imine (C=N–C) groups is 1. The summed E-state index contributed by atoms with van der Waals surface area (Å²) < 4.78 is 3.75. The average Bonchev–Trinajstić information content (AvgIpc) is 3.76. The fourth-order valence-corrected chi connectivity index (χ4v) is 7.40. The number of allylic oxidation sites excluding steroid dienone is 1. The number of aromatic nitrogens is 4. The van der Waals surface area contributed by atoms with Gasteiger partial charge in [-0.3, -0.25) is 15.0 Å². The molecule has 2 N–H and O–H groups in total. The van der Waals surface area contributed by atoms with Crippen LogP contribution in [0.4, 0.5) is 0 Å². The van der Waals surface area contributed by atoms with Crippen molar-refractivity contribution in [2.24, 2.45) is 10.7 Å². The maximum absolute atomic E-state index is 10.9. The summed E-state index contributed by atoms with van der Waals surface area (Å²) in [5, 5.41) is 44.6. The quantitative estimate of drug-likeness (QED) is 0.167. The number of nitrogens with two attached hydrogens (primary N) is 1. The molecule has 10 nitrogen and oxygen atoms in total. The third kappa shape index (κ3) is 6.79. The number of hydrogen-bond donors (Lipinski definition) is 1. The molecule has 3 heterocycles. The monoisotopic (exact) mass is 732 g/mol. The second-order valence-electron chi connectivity index (χ2n) is 12.7. The molecule has 0 unspecified atom stereocenters. The SMILES string of the molecule is C=CC=N/C=C(\N)c1c2c(=C(C#N)C#N)n(B(c3ccccc3)c3ccccc3)c(-c3cnccn3)c2c(=C(C#N)C#N)n1B(c1ccccc1)c1ccccc1. The van der Waals surface area contributed by atoms with Crippen LogP contribution in [-0.4, -0.2) is 38.8 Å². The molecule has 0 fully saturated rings. The first kappa shape index (κ1) is 36.9. The van der Waals surface area contributed by atoms with E-state index in [1.807, 2.05) is 130 Å². The van der Waals surface area contributed by atoms with Gasteiger partial charge >= 0.3 is 13.7 Å². The summed E-state index contributed by atoms with van der Waals surface area (Å²) in [5.74, 6) is 0. The van der Waals surface area contributed by atoms with Gasteiger partial charge in [0.05, 0.1) is 40.2 Å². The predicted octanol–water partition coefficient (Wildman–Crippen LogP) is 3.12. The Balaban J connectivity index is 1.90. The molecule has 57 heavy (non-hydrogen) atoms. The van der Waals surface area contributed by atoms with Crippen molar-refractivity contribution in [3.05, 3.63) is 175 Å². The summed E-state index contributed by atoms with van der Waals surface area (Å²) in [6.07, 6.45) is 9.11. The predicted molar refractivity (Wildman–Crippen MR) is 227 cm³/mol. The van der Waals surface area contributed by atoms with Crippen LogP contribution in [-0.2, 0) is 0 Å². The fraction of sp³-hybridized carbons (Fsp3) is 0. The summed E-state index contributed by atoms with van der Waals surface area (Å²) in [6.45, 7) is 2.41. The minimum absolute atomic E-state index is 0.131. The second-order valence-corrected chi connectivity index (χ2v) is 12.7. The molecule has 266 valence electrons. The summed E-state index contributed by atoms with van der Waals surface area (Å²) in [6, 6.07) is 47.3. The van der Waals surface area contributed by atoms with Crippen molar-refractivity contribution in [3.63, 3.8) is 0 Å². The van der Waals surface area contributed by atoms with Crippen LogP contribution in [0, 0.1) is 45.3 Å². The molecule has 0 atom stereocenters. The zero-order chi connectivity index (χ0) is 39.7. The van der Waals surface area contributed by atoms with Crippen molar-refractivity contribution in [1.82, 2.24) is 18.9 Å². The molecule has 7 rings (SSSR count). The highest BCUT2D eigenvalue weighted by Gasteiger charge is 2.37. The second kappa shape index (κ2) is 16.7. The average molecular weight is 732 g/mol. The van der Waals surface area contributed by atoms with Crippen LogP contribution < -0.4 is 38.3 Å². The Morgan fingerprint density at radius 2 is 1.07 bits per heavy atom. The van der Waals surface area contributed by atoms with Crippen molar-refractivity contribution in [2.75, 3.05) is 0 Å². The van der Waals surface area contributed by atoms with Gasteiger partial charge < -0.3 is 14.7 Å². The number of rotatable bonds is 10. The van der Waals surface area contributed by atoms with Gasteiger partial charge in [-0.15, -0.1) is 0 Å². The lowest BCUT2D eigenvalue weighted by Crippen LogP contribution is -2.54. The number of nitriles is 4. The van der Waals surface area contributed by atoms with Crippen molar-refractivity contribution < 1.29 is 0 Å². The molecule has 0 aliphatic heterocycles. The van der Waals surface area contributed by atoms with Gasteiger partial charge in [-0.1, -0.05) is 156 Å². The standard InChI is InChI=1S/C45H30B2N10/c1-2-23-53-30-38(52)44-40-41(43(33(28-50)29-51)56(44)46(34-15-7-3-8-16-34)35-17-9-4-10-18-35)45(39-31-54-24-25-55-39)57(42(40)32(26-48)27-49)47(36-19-11-5-12-20-36)37-21-13-6-14-22-37/h2-25,30-31H,1,52H2/b38-30-,53-23?. The molecule has 4 aromatic carbocycles. The summed E-state index contributed by atoms with van der Waals surface area (Å²) in [5.41, 5.74) is 11.2. The van der Waals surface area contributed by atoms with E-state index in [1.165, 1.54) is 18.5 Å². The zero-order valence-electron chi connectivity index (χ0n) is 30.5. The van der Waals surface area contributed by atoms with Crippen molar-refractivity contribution in [1.29, 1.82) is 21.0 Å². The Kier molecular flexibility index (Phi) is 10.8. The number of nitrogens with zero attached hydrogens (tertiary/aromatic N) is 9. The van der Waals surface area contributed by atoms with E-state index in [0.29, 0.717) is 27.9 Å². The Morgan fingerprint density at radius 3 is 1.47 bits per heavy atom. The first-order chi connectivity index (χ1) is 28.1. The molecular weight excluding hydrogens is 702 g/mol. The number of hydrogen-bond acceptors (Lipinski definition) is 8. The molecule has 0 aliphatic rings. The lowest BCUT2D eigenvalue weighted by molar-refractivity contribution is 1.09. The molecule has 0 bridgehead atoms. The smallest absolute Gasteiger partial charge is 0.328 e. The Bertz CT molecular complexity index is 2820. The zero-order valence-corrected chi connectivity index (χ0v) is 30.5. The molecule has 0 spiro atoms. The molecule has 0 aliphatic carbocycles. The van der Waals surface area contributed by atoms with Gasteiger partial charge in [-0.05, 0) is 0 Å². The molecule has 3 aromatic heterocycles. The van der Waals surface area contributed by atoms with E-state index in [1.54, 1.807) is 18.6 Å². The topological polar surface area (TPSA) is 169 Å². The summed E-state index contributed by atoms with van der Waals surface area (Å²) >= 11 is 0. The van der Waals surface area contributed by atoms with E-state index in [-0.39, 0.29) is 27.5 Å².